The molecule has 0 aliphatic heterocycles. The molecule has 0 aromatic carbocycles. The van der Waals surface area contributed by atoms with Crippen LogP contribution in [-0.4, -0.2) is 28.3 Å². The number of nitrogens with zero attached hydrogens (tertiary/aromatic N) is 3. The van der Waals surface area contributed by atoms with Gasteiger partial charge in [-0.1, -0.05) is 33.0 Å². The van der Waals surface area contributed by atoms with Crippen molar-refractivity contribution in [3.8, 4) is 0 Å². The third-order valence-electron chi connectivity index (χ3n) is 4.04. The lowest BCUT2D eigenvalue weighted by molar-refractivity contribution is 0.687. The average Bonchev–Trinajstić information content (AvgIpc) is 3.29. The molecule has 0 saturated heterocycles. The van der Waals surface area contributed by atoms with E-state index in [1.165, 1.54) is 18.4 Å². The fourth-order valence-electron chi connectivity index (χ4n) is 2.81. The molecule has 1 heterocycles. The maximum Gasteiger partial charge on any atom is 0.161 e. The summed E-state index contributed by atoms with van der Waals surface area (Å²) in [6.07, 6.45) is 5.49. The molecule has 1 aliphatic carbocycles. The van der Waals surface area contributed by atoms with Crippen LogP contribution in [0.2, 0.25) is 0 Å². The summed E-state index contributed by atoms with van der Waals surface area (Å²) < 4.78 is 0. The molecule has 0 amide bonds. The Morgan fingerprint density at radius 1 is 1.24 bits per heavy atom. The van der Waals surface area contributed by atoms with Gasteiger partial charge in [0.1, 0.15) is 4.99 Å². The SMILES string of the molecule is CCCN(CC1CC1)c1nnc(CC)c(CC)c1C(N)=S. The van der Waals surface area contributed by atoms with E-state index in [4.69, 9.17) is 18.0 Å². The third kappa shape index (κ3) is 3.70. The average molecular weight is 306 g/mol. The lowest BCUT2D eigenvalue weighted by Gasteiger charge is -2.26. The van der Waals surface area contributed by atoms with Crippen molar-refractivity contribution in [1.82, 2.24) is 10.2 Å². The molecule has 0 unspecified atom stereocenters. The van der Waals surface area contributed by atoms with Crippen LogP contribution in [0.1, 0.15) is 56.9 Å². The first kappa shape index (κ1) is 16.1. The first-order valence-corrected chi connectivity index (χ1v) is 8.46. The van der Waals surface area contributed by atoms with Gasteiger partial charge in [-0.25, -0.2) is 0 Å². The Bertz CT molecular complexity index is 511. The van der Waals surface area contributed by atoms with E-state index < -0.39 is 0 Å². The predicted octanol–water partition coefficient (Wildman–Crippen LogP) is 2.86. The zero-order valence-electron chi connectivity index (χ0n) is 13.4. The molecule has 0 spiro atoms. The molecule has 4 nitrogen and oxygen atoms in total. The largest absolute Gasteiger partial charge is 0.389 e. The molecule has 0 radical (unpaired) electrons. The second-order valence-corrected chi connectivity index (χ2v) is 6.22. The van der Waals surface area contributed by atoms with Crippen LogP contribution in [0.5, 0.6) is 0 Å². The second-order valence-electron chi connectivity index (χ2n) is 5.78. The number of hydrogen-bond donors (Lipinski definition) is 1. The van der Waals surface area contributed by atoms with Crippen molar-refractivity contribution in [3.05, 3.63) is 16.8 Å². The van der Waals surface area contributed by atoms with Crippen LogP contribution in [0.25, 0.3) is 0 Å². The van der Waals surface area contributed by atoms with Crippen LogP contribution in [0, 0.1) is 5.92 Å². The fraction of sp³-hybridized carbons (Fsp3) is 0.688. The Balaban J connectivity index is 2.46. The monoisotopic (exact) mass is 306 g/mol. The molecule has 5 heteroatoms. The standard InChI is InChI=1S/C16H26N4S/c1-4-9-20(10-11-7-8-11)16-14(15(17)21)12(5-2)13(6-3)18-19-16/h11H,4-10H2,1-3H3,(H2,17,21). The number of nitrogens with two attached hydrogens (primary N) is 1. The molecular weight excluding hydrogens is 280 g/mol. The van der Waals surface area contributed by atoms with Crippen LogP contribution >= 0.6 is 12.2 Å². The molecule has 2 N–H and O–H groups in total. The van der Waals surface area contributed by atoms with Gasteiger partial charge in [-0.15, -0.1) is 5.10 Å². The van der Waals surface area contributed by atoms with Gasteiger partial charge in [0.15, 0.2) is 5.82 Å². The van der Waals surface area contributed by atoms with Crippen LogP contribution in [0.15, 0.2) is 0 Å². The highest BCUT2D eigenvalue weighted by Crippen LogP contribution is 2.32. The van der Waals surface area contributed by atoms with E-state index in [-0.39, 0.29) is 0 Å². The van der Waals surface area contributed by atoms with Crippen molar-refractivity contribution >= 4 is 23.0 Å². The Morgan fingerprint density at radius 2 is 1.95 bits per heavy atom. The van der Waals surface area contributed by atoms with Crippen LogP contribution in [-0.2, 0) is 12.8 Å². The fourth-order valence-corrected chi connectivity index (χ4v) is 3.02. The van der Waals surface area contributed by atoms with Crippen molar-refractivity contribution in [2.24, 2.45) is 11.7 Å². The van der Waals surface area contributed by atoms with Crippen LogP contribution in [0.3, 0.4) is 0 Å². The van der Waals surface area contributed by atoms with Crippen molar-refractivity contribution in [2.75, 3.05) is 18.0 Å². The van der Waals surface area contributed by atoms with Crippen LogP contribution in [0.4, 0.5) is 5.82 Å². The minimum Gasteiger partial charge on any atom is -0.389 e. The molecule has 0 atom stereocenters. The van der Waals surface area contributed by atoms with Gasteiger partial charge in [0.2, 0.25) is 0 Å². The van der Waals surface area contributed by atoms with Crippen molar-refractivity contribution < 1.29 is 0 Å². The summed E-state index contributed by atoms with van der Waals surface area (Å²) in [5.41, 5.74) is 9.18. The highest BCUT2D eigenvalue weighted by molar-refractivity contribution is 7.80. The summed E-state index contributed by atoms with van der Waals surface area (Å²) in [5.74, 6) is 1.69. The Hall–Kier alpha value is -1.23. The van der Waals surface area contributed by atoms with Crippen molar-refractivity contribution in [2.45, 2.75) is 52.9 Å². The molecule has 1 fully saturated rings. The molecule has 1 aliphatic rings. The summed E-state index contributed by atoms with van der Waals surface area (Å²) in [6, 6.07) is 0. The zero-order valence-corrected chi connectivity index (χ0v) is 14.2. The van der Waals surface area contributed by atoms with Gasteiger partial charge < -0.3 is 10.6 Å². The Labute approximate surface area is 133 Å². The number of hydrogen-bond acceptors (Lipinski definition) is 4. The molecule has 1 aromatic rings. The maximum absolute atomic E-state index is 6.03. The summed E-state index contributed by atoms with van der Waals surface area (Å²) in [6.45, 7) is 8.45. The zero-order chi connectivity index (χ0) is 15.4. The number of anilines is 1. The molecular formula is C16H26N4S. The van der Waals surface area contributed by atoms with Gasteiger partial charge in [-0.3, -0.25) is 0 Å². The van der Waals surface area contributed by atoms with E-state index in [0.717, 1.165) is 55.3 Å². The first-order valence-electron chi connectivity index (χ1n) is 8.05. The van der Waals surface area contributed by atoms with E-state index in [1.807, 2.05) is 0 Å². The number of aryl methyl sites for hydroxylation is 1. The number of rotatable bonds is 8. The first-order chi connectivity index (χ1) is 10.1. The van der Waals surface area contributed by atoms with Gasteiger partial charge in [0.25, 0.3) is 0 Å². The molecule has 21 heavy (non-hydrogen) atoms. The normalized spacial score (nSPS) is 14.2. The van der Waals surface area contributed by atoms with Crippen LogP contribution < -0.4 is 10.6 Å². The topological polar surface area (TPSA) is 55.0 Å². The molecule has 116 valence electrons. The quantitative estimate of drug-likeness (QED) is 0.748. The van der Waals surface area contributed by atoms with Gasteiger partial charge in [0.05, 0.1) is 11.3 Å². The van der Waals surface area contributed by atoms with Gasteiger partial charge in [0, 0.05) is 13.1 Å². The van der Waals surface area contributed by atoms with Gasteiger partial charge in [-0.05, 0) is 43.6 Å². The maximum atomic E-state index is 6.03. The Morgan fingerprint density at radius 3 is 2.43 bits per heavy atom. The smallest absolute Gasteiger partial charge is 0.161 e. The van der Waals surface area contributed by atoms with Gasteiger partial charge in [-0.2, -0.15) is 5.10 Å². The lowest BCUT2D eigenvalue weighted by atomic mass is 10.0. The summed E-state index contributed by atoms with van der Waals surface area (Å²) in [5, 5.41) is 8.92. The summed E-state index contributed by atoms with van der Waals surface area (Å²) >= 11 is 5.33. The number of aromatic nitrogens is 2. The molecule has 1 aromatic heterocycles. The number of thiocarbonyl (C=S) groups is 1. The van der Waals surface area contributed by atoms with E-state index in [1.54, 1.807) is 0 Å². The summed E-state index contributed by atoms with van der Waals surface area (Å²) in [7, 11) is 0. The van der Waals surface area contributed by atoms with Gasteiger partial charge >= 0.3 is 0 Å². The summed E-state index contributed by atoms with van der Waals surface area (Å²) in [4.78, 5) is 2.78. The van der Waals surface area contributed by atoms with E-state index in [0.29, 0.717) is 4.99 Å². The van der Waals surface area contributed by atoms with Crippen molar-refractivity contribution in [3.63, 3.8) is 0 Å². The Kier molecular flexibility index (Phi) is 5.51. The predicted molar refractivity (Wildman–Crippen MR) is 91.9 cm³/mol. The lowest BCUT2D eigenvalue weighted by Crippen LogP contribution is -2.31. The highest BCUT2D eigenvalue weighted by Gasteiger charge is 2.27. The minimum absolute atomic E-state index is 0.448. The van der Waals surface area contributed by atoms with E-state index >= 15 is 0 Å². The molecule has 0 bridgehead atoms. The third-order valence-corrected chi connectivity index (χ3v) is 4.25. The van der Waals surface area contributed by atoms with E-state index in [9.17, 15) is 0 Å². The highest BCUT2D eigenvalue weighted by atomic mass is 32.1. The minimum atomic E-state index is 0.448. The molecule has 1 saturated carbocycles. The van der Waals surface area contributed by atoms with E-state index in [2.05, 4.69) is 35.9 Å². The molecule has 2 rings (SSSR count). The van der Waals surface area contributed by atoms with Crippen molar-refractivity contribution in [1.29, 1.82) is 0 Å². The second kappa shape index (κ2) is 7.16.